The predicted molar refractivity (Wildman–Crippen MR) is 107 cm³/mol. The number of carbonyl (C=O) groups is 1. The fraction of sp³-hybridized carbons (Fsp3) is 0.875. The number of amides is 1. The molecule has 2 unspecified atom stereocenters. The highest BCUT2D eigenvalue weighted by Gasteiger charge is 2.15. The van der Waals surface area contributed by atoms with Gasteiger partial charge in [-0.15, -0.1) is 24.0 Å². The molecular formula is C16H33IN4O3. The summed E-state index contributed by atoms with van der Waals surface area (Å²) in [6.07, 6.45) is 3.55. The molecule has 3 N–H and O–H groups in total. The van der Waals surface area contributed by atoms with E-state index in [1.807, 2.05) is 6.92 Å². The van der Waals surface area contributed by atoms with E-state index >= 15 is 0 Å². The SMILES string of the molecule is CCC(C)NC(=O)CCNC(=NC)NCCCOC1CCOC1.I. The monoisotopic (exact) mass is 456 g/mol. The smallest absolute Gasteiger partial charge is 0.221 e. The molecule has 0 aliphatic carbocycles. The van der Waals surface area contributed by atoms with Gasteiger partial charge in [0.25, 0.3) is 0 Å². The Labute approximate surface area is 162 Å². The van der Waals surface area contributed by atoms with Gasteiger partial charge in [-0.1, -0.05) is 6.92 Å². The third-order valence-corrected chi connectivity index (χ3v) is 3.74. The van der Waals surface area contributed by atoms with Gasteiger partial charge in [0.2, 0.25) is 5.91 Å². The minimum absolute atomic E-state index is 0. The normalized spacial score (nSPS) is 18.6. The molecule has 1 aliphatic rings. The van der Waals surface area contributed by atoms with E-state index in [4.69, 9.17) is 9.47 Å². The van der Waals surface area contributed by atoms with Crippen LogP contribution in [0.2, 0.25) is 0 Å². The van der Waals surface area contributed by atoms with Gasteiger partial charge in [-0.2, -0.15) is 0 Å². The highest BCUT2D eigenvalue weighted by Crippen LogP contribution is 2.07. The van der Waals surface area contributed by atoms with Crippen LogP contribution in [-0.4, -0.2) is 64.0 Å². The molecule has 24 heavy (non-hydrogen) atoms. The molecule has 0 aromatic carbocycles. The Balaban J connectivity index is 0.00000529. The van der Waals surface area contributed by atoms with Gasteiger partial charge in [0.15, 0.2) is 5.96 Å². The first kappa shape index (κ1) is 23.4. The zero-order chi connectivity index (χ0) is 16.9. The first-order valence-electron chi connectivity index (χ1n) is 8.59. The molecule has 1 amide bonds. The molecule has 1 fully saturated rings. The van der Waals surface area contributed by atoms with Crippen LogP contribution >= 0.6 is 24.0 Å². The molecule has 0 bridgehead atoms. The Hall–Kier alpha value is -0.610. The zero-order valence-corrected chi connectivity index (χ0v) is 17.4. The fourth-order valence-corrected chi connectivity index (χ4v) is 2.14. The maximum absolute atomic E-state index is 11.7. The maximum atomic E-state index is 11.7. The van der Waals surface area contributed by atoms with Crippen LogP contribution in [0.5, 0.6) is 0 Å². The molecule has 8 heteroatoms. The summed E-state index contributed by atoms with van der Waals surface area (Å²) in [6, 6.07) is 0.227. The van der Waals surface area contributed by atoms with Crippen LogP contribution in [0.3, 0.4) is 0 Å². The zero-order valence-electron chi connectivity index (χ0n) is 15.1. The van der Waals surface area contributed by atoms with Crippen molar-refractivity contribution in [2.24, 2.45) is 4.99 Å². The average Bonchev–Trinajstić information content (AvgIpc) is 3.06. The summed E-state index contributed by atoms with van der Waals surface area (Å²) in [5.41, 5.74) is 0. The molecule has 0 saturated carbocycles. The molecule has 7 nitrogen and oxygen atoms in total. The number of hydrogen-bond acceptors (Lipinski definition) is 4. The van der Waals surface area contributed by atoms with E-state index in [-0.39, 0.29) is 42.0 Å². The molecular weight excluding hydrogens is 423 g/mol. The summed E-state index contributed by atoms with van der Waals surface area (Å²) in [5, 5.41) is 9.30. The second-order valence-corrected chi connectivity index (χ2v) is 5.76. The number of guanidine groups is 1. The van der Waals surface area contributed by atoms with Gasteiger partial charge in [0.1, 0.15) is 0 Å². The number of nitrogens with zero attached hydrogens (tertiary/aromatic N) is 1. The van der Waals surface area contributed by atoms with E-state index in [0.29, 0.717) is 18.9 Å². The van der Waals surface area contributed by atoms with Gasteiger partial charge in [-0.3, -0.25) is 9.79 Å². The van der Waals surface area contributed by atoms with Crippen molar-refractivity contribution in [3.63, 3.8) is 0 Å². The molecule has 2 atom stereocenters. The third-order valence-electron chi connectivity index (χ3n) is 3.74. The van der Waals surface area contributed by atoms with Crippen LogP contribution in [0.15, 0.2) is 4.99 Å². The summed E-state index contributed by atoms with van der Waals surface area (Å²) in [5.74, 6) is 0.778. The topological polar surface area (TPSA) is 84.0 Å². The van der Waals surface area contributed by atoms with Crippen LogP contribution < -0.4 is 16.0 Å². The van der Waals surface area contributed by atoms with E-state index in [1.165, 1.54) is 0 Å². The number of ether oxygens (including phenoxy) is 2. The van der Waals surface area contributed by atoms with Gasteiger partial charge in [-0.05, 0) is 26.2 Å². The number of nitrogens with one attached hydrogen (secondary N) is 3. The molecule has 0 spiro atoms. The van der Waals surface area contributed by atoms with Crippen molar-refractivity contribution in [1.82, 2.24) is 16.0 Å². The number of aliphatic imine (C=N–C) groups is 1. The number of rotatable bonds is 10. The van der Waals surface area contributed by atoms with Crippen molar-refractivity contribution in [3.05, 3.63) is 0 Å². The summed E-state index contributed by atoms with van der Waals surface area (Å²) < 4.78 is 11.0. The minimum atomic E-state index is 0. The van der Waals surface area contributed by atoms with Crippen LogP contribution in [-0.2, 0) is 14.3 Å². The first-order chi connectivity index (χ1) is 11.2. The third kappa shape index (κ3) is 11.0. The highest BCUT2D eigenvalue weighted by molar-refractivity contribution is 14.0. The predicted octanol–water partition coefficient (Wildman–Crippen LogP) is 1.27. The lowest BCUT2D eigenvalue weighted by molar-refractivity contribution is -0.121. The fourth-order valence-electron chi connectivity index (χ4n) is 2.14. The van der Waals surface area contributed by atoms with Crippen LogP contribution in [0.1, 0.15) is 39.5 Å². The summed E-state index contributed by atoms with van der Waals surface area (Å²) in [4.78, 5) is 15.8. The summed E-state index contributed by atoms with van der Waals surface area (Å²) in [7, 11) is 1.72. The summed E-state index contributed by atoms with van der Waals surface area (Å²) in [6.45, 7) is 7.66. The average molecular weight is 456 g/mol. The standard InChI is InChI=1S/C16H32N4O3.HI/c1-4-13(2)20-15(21)6-9-19-16(17-3)18-8-5-10-23-14-7-11-22-12-14;/h13-14H,4-12H2,1-3H3,(H,20,21)(H2,17,18,19);1H. The van der Waals surface area contributed by atoms with Crippen LogP contribution in [0, 0.1) is 0 Å². The number of carbonyl (C=O) groups excluding carboxylic acids is 1. The van der Waals surface area contributed by atoms with Crippen molar-refractivity contribution >= 4 is 35.8 Å². The lowest BCUT2D eigenvalue weighted by Gasteiger charge is -2.14. The van der Waals surface area contributed by atoms with Crippen LogP contribution in [0.4, 0.5) is 0 Å². The Morgan fingerprint density at radius 2 is 2.12 bits per heavy atom. The minimum Gasteiger partial charge on any atom is -0.379 e. The van der Waals surface area contributed by atoms with E-state index in [9.17, 15) is 4.79 Å². The second-order valence-electron chi connectivity index (χ2n) is 5.76. The van der Waals surface area contributed by atoms with Gasteiger partial charge < -0.3 is 25.4 Å². The quantitative estimate of drug-likeness (QED) is 0.200. The second kappa shape index (κ2) is 14.7. The van der Waals surface area contributed by atoms with E-state index in [0.717, 1.165) is 45.6 Å². The number of halogens is 1. The first-order valence-corrected chi connectivity index (χ1v) is 8.59. The molecule has 0 aromatic rings. The lowest BCUT2D eigenvalue weighted by atomic mass is 10.2. The van der Waals surface area contributed by atoms with Crippen molar-refractivity contribution in [3.8, 4) is 0 Å². The molecule has 142 valence electrons. The highest BCUT2D eigenvalue weighted by atomic mass is 127. The summed E-state index contributed by atoms with van der Waals surface area (Å²) >= 11 is 0. The van der Waals surface area contributed by atoms with E-state index in [2.05, 4.69) is 27.9 Å². The Morgan fingerprint density at radius 1 is 1.38 bits per heavy atom. The van der Waals surface area contributed by atoms with Crippen molar-refractivity contribution in [1.29, 1.82) is 0 Å². The molecule has 0 aromatic heterocycles. The Kier molecular flexibility index (Phi) is 14.3. The van der Waals surface area contributed by atoms with Gasteiger partial charge in [0, 0.05) is 45.8 Å². The molecule has 1 rings (SSSR count). The molecule has 1 saturated heterocycles. The van der Waals surface area contributed by atoms with Gasteiger partial charge in [0.05, 0.1) is 12.7 Å². The van der Waals surface area contributed by atoms with Crippen molar-refractivity contribution < 1.29 is 14.3 Å². The van der Waals surface area contributed by atoms with Crippen molar-refractivity contribution in [2.45, 2.75) is 51.7 Å². The van der Waals surface area contributed by atoms with Crippen LogP contribution in [0.25, 0.3) is 0 Å². The molecule has 1 aliphatic heterocycles. The number of hydrogen-bond donors (Lipinski definition) is 3. The van der Waals surface area contributed by atoms with Crippen molar-refractivity contribution in [2.75, 3.05) is 40.0 Å². The Morgan fingerprint density at radius 3 is 2.75 bits per heavy atom. The largest absolute Gasteiger partial charge is 0.379 e. The molecule has 0 radical (unpaired) electrons. The van der Waals surface area contributed by atoms with E-state index in [1.54, 1.807) is 7.05 Å². The van der Waals surface area contributed by atoms with E-state index < -0.39 is 0 Å². The molecule has 1 heterocycles. The lowest BCUT2D eigenvalue weighted by Crippen LogP contribution is -2.40. The van der Waals surface area contributed by atoms with Gasteiger partial charge >= 0.3 is 0 Å². The maximum Gasteiger partial charge on any atom is 0.221 e. The Bertz CT molecular complexity index is 363. The van der Waals surface area contributed by atoms with Gasteiger partial charge in [-0.25, -0.2) is 0 Å².